The van der Waals surface area contributed by atoms with E-state index >= 15 is 0 Å². The standard InChI is InChI=1S/C27H20Cl2N2O3S/c1-35(33,34)19-5-2-4-16(12-19)15-31-24-7-3-6-22(27(30)32)26(24)21-10-8-17(13-25(21)31)20-11-9-18(28)14-23(20)29/h2-14H,15H2,1H3,(H2,30,32). The topological polar surface area (TPSA) is 82.2 Å². The van der Waals surface area contributed by atoms with Gasteiger partial charge in [0.05, 0.1) is 15.9 Å². The lowest BCUT2D eigenvalue weighted by molar-refractivity contribution is 0.100. The summed E-state index contributed by atoms with van der Waals surface area (Å²) in [6, 6.07) is 23.5. The van der Waals surface area contributed by atoms with E-state index in [1.165, 1.54) is 6.26 Å². The van der Waals surface area contributed by atoms with Crippen LogP contribution in [0.25, 0.3) is 32.9 Å². The molecule has 0 saturated heterocycles. The van der Waals surface area contributed by atoms with E-state index in [0.29, 0.717) is 22.2 Å². The maximum atomic E-state index is 12.3. The molecule has 1 heterocycles. The lowest BCUT2D eigenvalue weighted by atomic mass is 10.0. The number of primary amides is 1. The lowest BCUT2D eigenvalue weighted by Crippen LogP contribution is -2.11. The van der Waals surface area contributed by atoms with Gasteiger partial charge in [-0.05, 0) is 53.6 Å². The third kappa shape index (κ3) is 4.29. The van der Waals surface area contributed by atoms with Gasteiger partial charge in [-0.25, -0.2) is 8.42 Å². The zero-order valence-electron chi connectivity index (χ0n) is 18.6. The minimum atomic E-state index is -3.35. The van der Waals surface area contributed by atoms with Crippen molar-refractivity contribution in [3.8, 4) is 11.1 Å². The summed E-state index contributed by atoms with van der Waals surface area (Å²) >= 11 is 12.6. The molecule has 0 unspecified atom stereocenters. The molecule has 5 rings (SSSR count). The predicted molar refractivity (Wildman–Crippen MR) is 142 cm³/mol. The minimum Gasteiger partial charge on any atom is -0.366 e. The number of halogens is 2. The summed E-state index contributed by atoms with van der Waals surface area (Å²) in [5.41, 5.74) is 10.3. The number of nitrogens with zero attached hydrogens (tertiary/aromatic N) is 1. The Balaban J connectivity index is 1.79. The number of carbonyl (C=O) groups is 1. The van der Waals surface area contributed by atoms with Gasteiger partial charge in [0.15, 0.2) is 9.84 Å². The van der Waals surface area contributed by atoms with Crippen molar-refractivity contribution in [1.82, 2.24) is 4.57 Å². The van der Waals surface area contributed by atoms with Crippen molar-refractivity contribution < 1.29 is 13.2 Å². The average Bonchev–Trinajstić information content (AvgIpc) is 3.11. The van der Waals surface area contributed by atoms with Crippen molar-refractivity contribution in [3.63, 3.8) is 0 Å². The van der Waals surface area contributed by atoms with Crippen LogP contribution in [0.5, 0.6) is 0 Å². The highest BCUT2D eigenvalue weighted by atomic mass is 35.5. The number of carbonyl (C=O) groups excluding carboxylic acids is 1. The van der Waals surface area contributed by atoms with Crippen molar-refractivity contribution >= 4 is 60.8 Å². The van der Waals surface area contributed by atoms with Crippen LogP contribution in [0.3, 0.4) is 0 Å². The number of rotatable bonds is 5. The zero-order chi connectivity index (χ0) is 24.9. The van der Waals surface area contributed by atoms with Crippen molar-refractivity contribution in [1.29, 1.82) is 0 Å². The van der Waals surface area contributed by atoms with Crippen LogP contribution >= 0.6 is 23.2 Å². The molecule has 0 aliphatic heterocycles. The van der Waals surface area contributed by atoms with Crippen molar-refractivity contribution in [3.05, 3.63) is 100 Å². The molecule has 0 fully saturated rings. The molecule has 4 aromatic carbocycles. The number of sulfone groups is 1. The van der Waals surface area contributed by atoms with Crippen LogP contribution in [0.4, 0.5) is 0 Å². The summed E-state index contributed by atoms with van der Waals surface area (Å²) in [5.74, 6) is -0.515. The van der Waals surface area contributed by atoms with Crippen molar-refractivity contribution in [2.45, 2.75) is 11.4 Å². The molecule has 2 N–H and O–H groups in total. The van der Waals surface area contributed by atoms with Crippen LogP contribution in [0.15, 0.2) is 83.8 Å². The van der Waals surface area contributed by atoms with Gasteiger partial charge in [-0.3, -0.25) is 4.79 Å². The molecule has 1 amide bonds. The second kappa shape index (κ2) is 8.72. The summed E-state index contributed by atoms with van der Waals surface area (Å²) in [5, 5.41) is 2.69. The fourth-order valence-corrected chi connectivity index (χ4v) is 5.68. The largest absolute Gasteiger partial charge is 0.366 e. The number of hydrogen-bond donors (Lipinski definition) is 1. The van der Waals surface area contributed by atoms with Gasteiger partial charge in [0.1, 0.15) is 0 Å². The molecule has 0 aliphatic rings. The monoisotopic (exact) mass is 522 g/mol. The van der Waals surface area contributed by atoms with E-state index in [2.05, 4.69) is 4.57 Å². The van der Waals surface area contributed by atoms with Crippen LogP contribution < -0.4 is 5.73 Å². The van der Waals surface area contributed by atoms with Gasteiger partial charge < -0.3 is 10.3 Å². The molecule has 1 aromatic heterocycles. The van der Waals surface area contributed by atoms with Crippen LogP contribution in [0.1, 0.15) is 15.9 Å². The van der Waals surface area contributed by atoms with E-state index in [9.17, 15) is 13.2 Å². The molecule has 0 spiro atoms. The molecule has 5 aromatic rings. The fraction of sp³-hybridized carbons (Fsp3) is 0.0741. The van der Waals surface area contributed by atoms with Gasteiger partial charge in [-0.2, -0.15) is 0 Å². The van der Waals surface area contributed by atoms with Crippen LogP contribution in [0, 0.1) is 0 Å². The summed E-state index contributed by atoms with van der Waals surface area (Å²) in [6.45, 7) is 0.392. The Morgan fingerprint density at radius 1 is 0.914 bits per heavy atom. The smallest absolute Gasteiger partial charge is 0.249 e. The molecule has 0 radical (unpaired) electrons. The summed E-state index contributed by atoms with van der Waals surface area (Å²) in [4.78, 5) is 12.5. The van der Waals surface area contributed by atoms with E-state index in [1.54, 1.807) is 42.5 Å². The Labute approximate surface area is 212 Å². The van der Waals surface area contributed by atoms with Crippen molar-refractivity contribution in [2.75, 3.05) is 6.26 Å². The van der Waals surface area contributed by atoms with E-state index in [1.807, 2.05) is 36.4 Å². The van der Waals surface area contributed by atoms with Gasteiger partial charge in [0.2, 0.25) is 5.91 Å². The van der Waals surface area contributed by atoms with Crippen molar-refractivity contribution in [2.24, 2.45) is 5.73 Å². The van der Waals surface area contributed by atoms with E-state index in [4.69, 9.17) is 28.9 Å². The number of amides is 1. The predicted octanol–water partition coefficient (Wildman–Crippen LogP) is 6.32. The highest BCUT2D eigenvalue weighted by Crippen LogP contribution is 2.37. The number of fused-ring (bicyclic) bond motifs is 3. The third-order valence-electron chi connectivity index (χ3n) is 6.07. The number of benzene rings is 4. The molecular formula is C27H20Cl2N2O3S. The maximum absolute atomic E-state index is 12.3. The highest BCUT2D eigenvalue weighted by molar-refractivity contribution is 7.90. The molecule has 35 heavy (non-hydrogen) atoms. The first-order valence-electron chi connectivity index (χ1n) is 10.7. The number of hydrogen-bond acceptors (Lipinski definition) is 3. The van der Waals surface area contributed by atoms with Crippen LogP contribution in [-0.2, 0) is 16.4 Å². The normalized spacial score (nSPS) is 11.9. The summed E-state index contributed by atoms with van der Waals surface area (Å²) in [6.07, 6.45) is 1.19. The molecule has 0 atom stereocenters. The second-order valence-electron chi connectivity index (χ2n) is 8.43. The molecule has 0 bridgehead atoms. The fourth-order valence-electron chi connectivity index (χ4n) is 4.47. The molecule has 176 valence electrons. The Kier molecular flexibility index (Phi) is 5.83. The van der Waals surface area contributed by atoms with E-state index in [-0.39, 0.29) is 4.90 Å². The Morgan fingerprint density at radius 3 is 2.40 bits per heavy atom. The quantitative estimate of drug-likeness (QED) is 0.293. The Morgan fingerprint density at radius 2 is 1.69 bits per heavy atom. The molecule has 5 nitrogen and oxygen atoms in total. The maximum Gasteiger partial charge on any atom is 0.249 e. The Bertz CT molecular complexity index is 1760. The molecular weight excluding hydrogens is 503 g/mol. The van der Waals surface area contributed by atoms with E-state index < -0.39 is 15.7 Å². The summed E-state index contributed by atoms with van der Waals surface area (Å²) < 4.78 is 26.3. The first-order chi connectivity index (χ1) is 16.6. The lowest BCUT2D eigenvalue weighted by Gasteiger charge is -2.11. The number of nitrogens with two attached hydrogens (primary N) is 1. The first kappa shape index (κ1) is 23.4. The van der Waals surface area contributed by atoms with Gasteiger partial charge in [-0.15, -0.1) is 0 Å². The molecule has 8 heteroatoms. The first-order valence-corrected chi connectivity index (χ1v) is 13.4. The second-order valence-corrected chi connectivity index (χ2v) is 11.3. The molecule has 0 saturated carbocycles. The van der Waals surface area contributed by atoms with Gasteiger partial charge in [0.25, 0.3) is 0 Å². The SMILES string of the molecule is CS(=O)(=O)c1cccc(Cn2c3cc(-c4ccc(Cl)cc4Cl)ccc3c3c(C(N)=O)cccc32)c1. The van der Waals surface area contributed by atoms with E-state index in [0.717, 1.165) is 38.5 Å². The Hall–Kier alpha value is -3.32. The van der Waals surface area contributed by atoms with Crippen LogP contribution in [-0.4, -0.2) is 25.1 Å². The summed E-state index contributed by atoms with van der Waals surface area (Å²) in [7, 11) is -3.35. The van der Waals surface area contributed by atoms with Gasteiger partial charge in [-0.1, -0.05) is 59.6 Å². The van der Waals surface area contributed by atoms with Crippen LogP contribution in [0.2, 0.25) is 10.0 Å². The van der Waals surface area contributed by atoms with Gasteiger partial charge >= 0.3 is 0 Å². The van der Waals surface area contributed by atoms with Gasteiger partial charge in [0, 0.05) is 44.7 Å². The molecule has 0 aliphatic carbocycles. The number of aromatic nitrogens is 1. The zero-order valence-corrected chi connectivity index (χ0v) is 21.0. The average molecular weight is 523 g/mol. The highest BCUT2D eigenvalue weighted by Gasteiger charge is 2.18. The third-order valence-corrected chi connectivity index (χ3v) is 7.72. The minimum absolute atomic E-state index is 0.252.